The molecule has 2 atom stereocenters. The molecule has 2 unspecified atom stereocenters. The molecule has 2 N–H and O–H groups in total. The largest absolute Gasteiger partial charge is 0.396 e. The van der Waals surface area contributed by atoms with Gasteiger partial charge in [0.2, 0.25) is 0 Å². The Morgan fingerprint density at radius 2 is 2.40 bits per heavy atom. The smallest absolute Gasteiger partial charge is 0.251 e. The summed E-state index contributed by atoms with van der Waals surface area (Å²) in [6.45, 7) is 3.40. The Kier molecular flexibility index (Phi) is 5.60. The maximum atomic E-state index is 11.6. The second kappa shape index (κ2) is 6.76. The lowest BCUT2D eigenvalue weighted by atomic mass is 10.1. The average molecular weight is 217 g/mol. The Hall–Kier alpha value is -0.650. The minimum Gasteiger partial charge on any atom is -0.396 e. The van der Waals surface area contributed by atoms with Gasteiger partial charge in [0, 0.05) is 12.6 Å². The van der Waals surface area contributed by atoms with Crippen LogP contribution in [0.5, 0.6) is 0 Å². The summed E-state index contributed by atoms with van der Waals surface area (Å²) in [6.07, 6.45) is 0.891. The van der Waals surface area contributed by atoms with Crippen LogP contribution in [0.15, 0.2) is 0 Å². The molecule has 1 amide bonds. The topological polar surface area (TPSA) is 67.8 Å². The van der Waals surface area contributed by atoms with Crippen LogP contribution < -0.4 is 5.32 Å². The number of amides is 1. The molecule has 1 fully saturated rings. The number of nitrogens with one attached hydrogen (secondary N) is 1. The minimum absolute atomic E-state index is 0.0213. The van der Waals surface area contributed by atoms with Crippen LogP contribution in [-0.2, 0) is 14.3 Å². The Bertz CT molecular complexity index is 192. The standard InChI is InChI=1S/C10H19NO4/c1-2-8(3-4-12)11-10(13)9-7-14-5-6-15-9/h8-9,12H,2-7H2,1H3,(H,11,13). The quantitative estimate of drug-likeness (QED) is 0.662. The summed E-state index contributed by atoms with van der Waals surface area (Å²) in [5, 5.41) is 11.6. The SMILES string of the molecule is CCC(CCO)NC(=O)C1COCCO1. The normalized spacial score (nSPS) is 23.5. The van der Waals surface area contributed by atoms with E-state index in [4.69, 9.17) is 14.6 Å². The van der Waals surface area contributed by atoms with Crippen LogP contribution in [-0.4, -0.2) is 49.6 Å². The van der Waals surface area contributed by atoms with Gasteiger partial charge in [-0.05, 0) is 12.8 Å². The average Bonchev–Trinajstić information content (AvgIpc) is 2.29. The molecule has 1 rings (SSSR count). The third kappa shape index (κ3) is 4.15. The van der Waals surface area contributed by atoms with Gasteiger partial charge in [-0.2, -0.15) is 0 Å². The van der Waals surface area contributed by atoms with E-state index >= 15 is 0 Å². The van der Waals surface area contributed by atoms with E-state index in [-0.39, 0.29) is 18.6 Å². The summed E-state index contributed by atoms with van der Waals surface area (Å²) in [6, 6.07) is 0.0213. The van der Waals surface area contributed by atoms with Crippen molar-refractivity contribution in [2.75, 3.05) is 26.4 Å². The van der Waals surface area contributed by atoms with E-state index in [1.807, 2.05) is 6.92 Å². The first-order chi connectivity index (χ1) is 7.27. The van der Waals surface area contributed by atoms with Gasteiger partial charge in [-0.25, -0.2) is 0 Å². The summed E-state index contributed by atoms with van der Waals surface area (Å²) in [7, 11) is 0. The molecule has 0 aromatic heterocycles. The lowest BCUT2D eigenvalue weighted by Gasteiger charge is -2.24. The van der Waals surface area contributed by atoms with Gasteiger partial charge < -0.3 is 19.9 Å². The van der Waals surface area contributed by atoms with E-state index < -0.39 is 6.10 Å². The molecule has 0 bridgehead atoms. The van der Waals surface area contributed by atoms with Crippen LogP contribution in [0.3, 0.4) is 0 Å². The Labute approximate surface area is 89.8 Å². The number of carbonyl (C=O) groups excluding carboxylic acids is 1. The highest BCUT2D eigenvalue weighted by molar-refractivity contribution is 5.81. The Morgan fingerprint density at radius 1 is 1.60 bits per heavy atom. The van der Waals surface area contributed by atoms with Gasteiger partial charge in [0.15, 0.2) is 6.10 Å². The highest BCUT2D eigenvalue weighted by Crippen LogP contribution is 2.03. The molecule has 0 radical (unpaired) electrons. The molecule has 0 spiro atoms. The first-order valence-corrected chi connectivity index (χ1v) is 5.38. The van der Waals surface area contributed by atoms with E-state index in [0.717, 1.165) is 6.42 Å². The zero-order valence-corrected chi connectivity index (χ0v) is 9.07. The van der Waals surface area contributed by atoms with E-state index in [0.29, 0.717) is 26.2 Å². The van der Waals surface area contributed by atoms with Crippen molar-refractivity contribution in [3.8, 4) is 0 Å². The van der Waals surface area contributed by atoms with Crippen LogP contribution in [0.4, 0.5) is 0 Å². The first kappa shape index (κ1) is 12.4. The zero-order valence-electron chi connectivity index (χ0n) is 9.07. The van der Waals surface area contributed by atoms with Crippen molar-refractivity contribution in [2.24, 2.45) is 0 Å². The van der Waals surface area contributed by atoms with E-state index in [2.05, 4.69) is 5.32 Å². The van der Waals surface area contributed by atoms with E-state index in [1.54, 1.807) is 0 Å². The molecule has 1 saturated heterocycles. The van der Waals surface area contributed by atoms with Gasteiger partial charge in [-0.15, -0.1) is 0 Å². The van der Waals surface area contributed by atoms with Crippen LogP contribution >= 0.6 is 0 Å². The third-order valence-electron chi connectivity index (χ3n) is 2.43. The number of hydrogen-bond donors (Lipinski definition) is 2. The summed E-state index contributed by atoms with van der Waals surface area (Å²) in [4.78, 5) is 11.6. The minimum atomic E-state index is -0.494. The summed E-state index contributed by atoms with van der Waals surface area (Å²) < 4.78 is 10.4. The van der Waals surface area contributed by atoms with E-state index in [9.17, 15) is 4.79 Å². The van der Waals surface area contributed by atoms with Crippen molar-refractivity contribution in [2.45, 2.75) is 31.9 Å². The van der Waals surface area contributed by atoms with Crippen molar-refractivity contribution < 1.29 is 19.4 Å². The monoisotopic (exact) mass is 217 g/mol. The Balaban J connectivity index is 2.31. The van der Waals surface area contributed by atoms with Gasteiger partial charge in [-0.3, -0.25) is 4.79 Å². The molecule has 88 valence electrons. The molecule has 0 aliphatic carbocycles. The predicted molar refractivity (Wildman–Crippen MR) is 54.5 cm³/mol. The predicted octanol–water partition coefficient (Wildman–Crippen LogP) is -0.321. The zero-order chi connectivity index (χ0) is 11.1. The number of aliphatic hydroxyl groups excluding tert-OH is 1. The van der Waals surface area contributed by atoms with Crippen molar-refractivity contribution >= 4 is 5.91 Å². The summed E-state index contributed by atoms with van der Waals surface area (Å²) in [5.41, 5.74) is 0. The van der Waals surface area contributed by atoms with Crippen molar-refractivity contribution in [1.82, 2.24) is 5.32 Å². The molecule has 1 aliphatic rings. The molecule has 1 heterocycles. The van der Waals surface area contributed by atoms with Crippen LogP contribution in [0, 0.1) is 0 Å². The molecule has 0 aromatic rings. The maximum absolute atomic E-state index is 11.6. The molecular weight excluding hydrogens is 198 g/mol. The van der Waals surface area contributed by atoms with Crippen LogP contribution in [0.25, 0.3) is 0 Å². The molecular formula is C10H19NO4. The van der Waals surface area contributed by atoms with Crippen molar-refractivity contribution in [1.29, 1.82) is 0 Å². The number of ether oxygens (including phenoxy) is 2. The van der Waals surface area contributed by atoms with Gasteiger partial charge in [0.1, 0.15) is 0 Å². The second-order valence-corrected chi connectivity index (χ2v) is 3.56. The van der Waals surface area contributed by atoms with Gasteiger partial charge in [0.05, 0.1) is 19.8 Å². The number of aliphatic hydroxyl groups is 1. The fourth-order valence-corrected chi connectivity index (χ4v) is 1.47. The van der Waals surface area contributed by atoms with Gasteiger partial charge in [-0.1, -0.05) is 6.92 Å². The number of carbonyl (C=O) groups is 1. The van der Waals surface area contributed by atoms with Crippen molar-refractivity contribution in [3.63, 3.8) is 0 Å². The van der Waals surface area contributed by atoms with E-state index in [1.165, 1.54) is 0 Å². The first-order valence-electron chi connectivity index (χ1n) is 5.38. The van der Waals surface area contributed by atoms with Gasteiger partial charge in [0.25, 0.3) is 5.91 Å². The Morgan fingerprint density at radius 3 is 2.93 bits per heavy atom. The van der Waals surface area contributed by atoms with Gasteiger partial charge >= 0.3 is 0 Å². The highest BCUT2D eigenvalue weighted by Gasteiger charge is 2.24. The number of hydrogen-bond acceptors (Lipinski definition) is 4. The second-order valence-electron chi connectivity index (χ2n) is 3.56. The fourth-order valence-electron chi connectivity index (χ4n) is 1.47. The third-order valence-corrected chi connectivity index (χ3v) is 2.43. The van der Waals surface area contributed by atoms with Crippen molar-refractivity contribution in [3.05, 3.63) is 0 Å². The summed E-state index contributed by atoms with van der Waals surface area (Å²) in [5.74, 6) is -0.144. The molecule has 0 saturated carbocycles. The van der Waals surface area contributed by atoms with Crippen LogP contribution in [0.2, 0.25) is 0 Å². The summed E-state index contributed by atoms with van der Waals surface area (Å²) >= 11 is 0. The highest BCUT2D eigenvalue weighted by atomic mass is 16.6. The molecule has 15 heavy (non-hydrogen) atoms. The molecule has 5 heteroatoms. The fraction of sp³-hybridized carbons (Fsp3) is 0.900. The number of rotatable bonds is 5. The van der Waals surface area contributed by atoms with Crippen LogP contribution in [0.1, 0.15) is 19.8 Å². The maximum Gasteiger partial charge on any atom is 0.251 e. The molecule has 0 aromatic carbocycles. The molecule has 5 nitrogen and oxygen atoms in total. The molecule has 1 aliphatic heterocycles. The lowest BCUT2D eigenvalue weighted by molar-refractivity contribution is -0.148. The lowest BCUT2D eigenvalue weighted by Crippen LogP contribution is -2.46.